The molecule has 0 unspecified atom stereocenters. The van der Waals surface area contributed by atoms with Crippen LogP contribution in [0.5, 0.6) is 5.75 Å². The maximum atomic E-state index is 13.3. The van der Waals surface area contributed by atoms with Crippen LogP contribution in [0.4, 0.5) is 0 Å². The molecule has 5 nitrogen and oxygen atoms in total. The second-order valence-electron chi connectivity index (χ2n) is 10.2. The van der Waals surface area contributed by atoms with Crippen molar-refractivity contribution in [2.24, 2.45) is 0 Å². The van der Waals surface area contributed by atoms with Crippen LogP contribution in [0.3, 0.4) is 0 Å². The number of carbonyl (C=O) groups is 2. The molecule has 182 valence electrons. The number of carboxylic acids is 1. The predicted molar refractivity (Wildman–Crippen MR) is 137 cm³/mol. The molecular formula is C30H33NO4. The highest BCUT2D eigenvalue weighted by Gasteiger charge is 2.35. The first-order valence-electron chi connectivity index (χ1n) is 12.1. The summed E-state index contributed by atoms with van der Waals surface area (Å²) in [6.07, 6.45) is 1.45. The Morgan fingerprint density at radius 1 is 1.00 bits per heavy atom. The van der Waals surface area contributed by atoms with Crippen molar-refractivity contribution in [3.05, 3.63) is 100 Å². The zero-order chi connectivity index (χ0) is 25.2. The number of benzene rings is 3. The van der Waals surface area contributed by atoms with Gasteiger partial charge < -0.3 is 14.7 Å². The van der Waals surface area contributed by atoms with Gasteiger partial charge in [-0.2, -0.15) is 0 Å². The minimum absolute atomic E-state index is 0.239. The van der Waals surface area contributed by atoms with Crippen molar-refractivity contribution in [3.63, 3.8) is 0 Å². The van der Waals surface area contributed by atoms with Crippen molar-refractivity contribution in [2.45, 2.75) is 58.6 Å². The van der Waals surface area contributed by atoms with Gasteiger partial charge >= 0.3 is 5.97 Å². The first-order chi connectivity index (χ1) is 16.6. The Morgan fingerprint density at radius 3 is 2.29 bits per heavy atom. The Bertz CT molecular complexity index is 1210. The Morgan fingerprint density at radius 2 is 1.66 bits per heavy atom. The van der Waals surface area contributed by atoms with Gasteiger partial charge in [-0.25, -0.2) is 0 Å². The molecule has 0 saturated heterocycles. The van der Waals surface area contributed by atoms with Crippen LogP contribution in [0.1, 0.15) is 64.9 Å². The van der Waals surface area contributed by atoms with Crippen LogP contribution in [0, 0.1) is 6.92 Å². The molecule has 5 heteroatoms. The van der Waals surface area contributed by atoms with E-state index in [2.05, 4.69) is 45.0 Å². The van der Waals surface area contributed by atoms with Gasteiger partial charge in [-0.15, -0.1) is 0 Å². The van der Waals surface area contributed by atoms with E-state index in [1.54, 1.807) is 6.07 Å². The van der Waals surface area contributed by atoms with Crippen LogP contribution in [0.2, 0.25) is 0 Å². The number of aliphatic carboxylic acids is 1. The van der Waals surface area contributed by atoms with Crippen molar-refractivity contribution < 1.29 is 19.4 Å². The Hall–Kier alpha value is -3.60. The van der Waals surface area contributed by atoms with Gasteiger partial charge in [-0.05, 0) is 60.2 Å². The molecule has 1 aliphatic heterocycles. The molecule has 4 rings (SSSR count). The van der Waals surface area contributed by atoms with Crippen molar-refractivity contribution in [3.8, 4) is 5.75 Å². The lowest BCUT2D eigenvalue weighted by Crippen LogP contribution is -2.35. The zero-order valence-corrected chi connectivity index (χ0v) is 20.9. The highest BCUT2D eigenvalue weighted by atomic mass is 16.5. The molecule has 1 heterocycles. The lowest BCUT2D eigenvalue weighted by Gasteiger charge is -2.24. The topological polar surface area (TPSA) is 66.8 Å². The Labute approximate surface area is 207 Å². The summed E-state index contributed by atoms with van der Waals surface area (Å²) in [7, 11) is 0. The van der Waals surface area contributed by atoms with E-state index in [0.29, 0.717) is 17.9 Å². The number of rotatable bonds is 8. The van der Waals surface area contributed by atoms with E-state index in [9.17, 15) is 14.7 Å². The summed E-state index contributed by atoms with van der Waals surface area (Å²) in [6, 6.07) is 21.9. The smallest absolute Gasteiger partial charge is 0.323 e. The largest absolute Gasteiger partial charge is 0.487 e. The van der Waals surface area contributed by atoms with Gasteiger partial charge in [0.15, 0.2) is 0 Å². The van der Waals surface area contributed by atoms with Gasteiger partial charge in [0, 0.05) is 24.9 Å². The number of aryl methyl sites for hydroxylation is 1. The van der Waals surface area contributed by atoms with Crippen molar-refractivity contribution in [2.75, 3.05) is 6.54 Å². The third-order valence-electron chi connectivity index (χ3n) is 6.56. The number of amides is 1. The van der Waals surface area contributed by atoms with Gasteiger partial charge in [-0.3, -0.25) is 9.59 Å². The van der Waals surface area contributed by atoms with Crippen molar-refractivity contribution in [1.82, 2.24) is 4.90 Å². The quantitative estimate of drug-likeness (QED) is 0.452. The number of hydrogen-bond donors (Lipinski definition) is 1. The molecule has 0 aliphatic carbocycles. The molecule has 35 heavy (non-hydrogen) atoms. The Kier molecular flexibility index (Phi) is 6.97. The van der Waals surface area contributed by atoms with E-state index in [-0.39, 0.29) is 19.0 Å². The standard InChI is InChI=1S/C30H33NO4/c1-20(2)24-11-9-22(10-12-24)16-30(4)17-26-15-25(13-14-27(26)35-30)29(34)31(19-28(32)33)18-23-7-5-21(3)6-8-23/h5-15,20H,16-19H2,1-4H3,(H,32,33)/t30-/m0/s1. The zero-order valence-electron chi connectivity index (χ0n) is 20.9. The molecule has 3 aromatic rings. The lowest BCUT2D eigenvalue weighted by molar-refractivity contribution is -0.137. The number of ether oxygens (including phenoxy) is 1. The molecule has 0 saturated carbocycles. The Balaban J connectivity index is 1.50. The maximum Gasteiger partial charge on any atom is 0.323 e. The SMILES string of the molecule is Cc1ccc(CN(CC(=O)O)C(=O)c2ccc3c(c2)C[C@](C)(Cc2ccc(C(C)C)cc2)O3)cc1. The summed E-state index contributed by atoms with van der Waals surface area (Å²) < 4.78 is 6.32. The molecular weight excluding hydrogens is 438 g/mol. The predicted octanol–water partition coefficient (Wildman–Crippen LogP) is 5.78. The highest BCUT2D eigenvalue weighted by molar-refractivity contribution is 5.96. The molecule has 3 aromatic carbocycles. The van der Waals surface area contributed by atoms with Crippen LogP contribution in [-0.2, 0) is 24.2 Å². The average molecular weight is 472 g/mol. The first-order valence-corrected chi connectivity index (χ1v) is 12.1. The fourth-order valence-electron chi connectivity index (χ4n) is 4.66. The van der Waals surface area contributed by atoms with Crippen LogP contribution in [-0.4, -0.2) is 34.0 Å². The third kappa shape index (κ3) is 5.91. The van der Waals surface area contributed by atoms with E-state index < -0.39 is 11.6 Å². The van der Waals surface area contributed by atoms with Gasteiger partial charge in [0.25, 0.3) is 5.91 Å². The summed E-state index contributed by atoms with van der Waals surface area (Å²) in [5, 5.41) is 9.40. The minimum Gasteiger partial charge on any atom is -0.487 e. The molecule has 0 spiro atoms. The molecule has 1 aliphatic rings. The molecule has 0 bridgehead atoms. The van der Waals surface area contributed by atoms with Gasteiger partial charge in [0.1, 0.15) is 17.9 Å². The van der Waals surface area contributed by atoms with Gasteiger partial charge in [0.2, 0.25) is 0 Å². The minimum atomic E-state index is -1.04. The highest BCUT2D eigenvalue weighted by Crippen LogP contribution is 2.38. The monoisotopic (exact) mass is 471 g/mol. The van der Waals surface area contributed by atoms with E-state index >= 15 is 0 Å². The second-order valence-corrected chi connectivity index (χ2v) is 10.2. The molecule has 0 radical (unpaired) electrons. The van der Waals surface area contributed by atoms with Crippen molar-refractivity contribution >= 4 is 11.9 Å². The van der Waals surface area contributed by atoms with E-state index in [1.807, 2.05) is 43.3 Å². The van der Waals surface area contributed by atoms with Crippen LogP contribution in [0.15, 0.2) is 66.7 Å². The lowest BCUT2D eigenvalue weighted by atomic mass is 9.90. The fourth-order valence-corrected chi connectivity index (χ4v) is 4.66. The van der Waals surface area contributed by atoms with E-state index in [4.69, 9.17) is 4.74 Å². The molecule has 0 fully saturated rings. The summed E-state index contributed by atoms with van der Waals surface area (Å²) in [5.41, 5.74) is 5.59. The normalized spacial score (nSPS) is 16.6. The molecule has 0 aromatic heterocycles. The average Bonchev–Trinajstić information content (AvgIpc) is 3.14. The number of nitrogens with zero attached hydrogens (tertiary/aromatic N) is 1. The summed E-state index contributed by atoms with van der Waals surface area (Å²) in [6.45, 7) is 8.34. The van der Waals surface area contributed by atoms with Gasteiger partial charge in [0.05, 0.1) is 0 Å². The first kappa shape index (κ1) is 24.5. The summed E-state index contributed by atoms with van der Waals surface area (Å²) in [4.78, 5) is 26.2. The van der Waals surface area contributed by atoms with Crippen molar-refractivity contribution in [1.29, 1.82) is 0 Å². The summed E-state index contributed by atoms with van der Waals surface area (Å²) in [5.74, 6) is -0.0554. The van der Waals surface area contributed by atoms with Crippen LogP contribution >= 0.6 is 0 Å². The molecule has 1 amide bonds. The third-order valence-corrected chi connectivity index (χ3v) is 6.56. The number of carboxylic acid groups (broad SMARTS) is 1. The molecule has 1 N–H and O–H groups in total. The van der Waals surface area contributed by atoms with Crippen LogP contribution in [0.25, 0.3) is 0 Å². The maximum absolute atomic E-state index is 13.3. The fraction of sp³-hybridized carbons (Fsp3) is 0.333. The number of fused-ring (bicyclic) bond motifs is 1. The van der Waals surface area contributed by atoms with E-state index in [1.165, 1.54) is 16.0 Å². The van der Waals surface area contributed by atoms with E-state index in [0.717, 1.165) is 28.9 Å². The second kappa shape index (κ2) is 9.95. The van der Waals surface area contributed by atoms with Gasteiger partial charge in [-0.1, -0.05) is 67.9 Å². The van der Waals surface area contributed by atoms with Crippen LogP contribution < -0.4 is 4.74 Å². The number of hydrogen-bond acceptors (Lipinski definition) is 3. The molecule has 1 atom stereocenters. The number of carbonyl (C=O) groups excluding carboxylic acids is 1. The summed E-state index contributed by atoms with van der Waals surface area (Å²) >= 11 is 0.